The fourth-order valence-corrected chi connectivity index (χ4v) is 1.19. The van der Waals surface area contributed by atoms with E-state index in [1.54, 1.807) is 0 Å². The smallest absolute Gasteiger partial charge is 0.281 e. The van der Waals surface area contributed by atoms with Crippen molar-refractivity contribution < 1.29 is 8.78 Å². The largest absolute Gasteiger partial charge is 0.396 e. The lowest BCUT2D eigenvalue weighted by molar-refractivity contribution is 0.145. The van der Waals surface area contributed by atoms with Gasteiger partial charge in [-0.1, -0.05) is 0 Å². The van der Waals surface area contributed by atoms with Gasteiger partial charge in [-0.05, 0) is 15.9 Å². The lowest BCUT2D eigenvalue weighted by Gasteiger charge is -2.06. The molecule has 0 atom stereocenters. The number of rotatable bonds is 1. The van der Waals surface area contributed by atoms with Crippen LogP contribution in [0.5, 0.6) is 0 Å². The van der Waals surface area contributed by atoms with Gasteiger partial charge in [-0.3, -0.25) is 4.98 Å². The Kier molecular flexibility index (Phi) is 2.46. The average Bonchev–Trinajstić information content (AvgIpc) is 2.00. The third kappa shape index (κ3) is 1.47. The summed E-state index contributed by atoms with van der Waals surface area (Å²) < 4.78 is 24.4. The van der Waals surface area contributed by atoms with E-state index in [4.69, 9.17) is 11.5 Å². The van der Waals surface area contributed by atoms with Crippen LogP contribution >= 0.6 is 15.9 Å². The van der Waals surface area contributed by atoms with Gasteiger partial charge in [0.05, 0.1) is 22.0 Å². The second-order valence-corrected chi connectivity index (χ2v) is 2.92. The Morgan fingerprint density at radius 1 is 1.42 bits per heavy atom. The second kappa shape index (κ2) is 3.22. The minimum atomic E-state index is -2.65. The minimum Gasteiger partial charge on any atom is -0.396 e. The van der Waals surface area contributed by atoms with Gasteiger partial charge in [-0.25, -0.2) is 8.78 Å². The van der Waals surface area contributed by atoms with Crippen molar-refractivity contribution in [2.45, 2.75) is 6.43 Å². The van der Waals surface area contributed by atoms with Gasteiger partial charge >= 0.3 is 0 Å². The molecule has 4 N–H and O–H groups in total. The number of nitrogens with zero attached hydrogens (tertiary/aromatic N) is 1. The summed E-state index contributed by atoms with van der Waals surface area (Å²) in [5, 5.41) is 0. The van der Waals surface area contributed by atoms with Crippen molar-refractivity contribution in [3.63, 3.8) is 0 Å². The van der Waals surface area contributed by atoms with Crippen molar-refractivity contribution in [3.05, 3.63) is 16.4 Å². The fourth-order valence-electron chi connectivity index (χ4n) is 0.682. The number of aromatic nitrogens is 1. The zero-order chi connectivity index (χ0) is 9.30. The molecule has 0 spiro atoms. The highest BCUT2D eigenvalue weighted by Crippen LogP contribution is 2.32. The SMILES string of the molecule is Nc1cnc(C(F)F)c(Br)c1N. The van der Waals surface area contributed by atoms with Crippen LogP contribution < -0.4 is 11.5 Å². The molecular weight excluding hydrogens is 232 g/mol. The maximum atomic E-state index is 12.2. The standard InChI is InChI=1S/C6H6BrF2N3/c7-3-4(11)2(10)1-12-5(3)6(8)9/h1,6H,10H2,(H2,11,12). The molecule has 3 nitrogen and oxygen atoms in total. The Bertz CT molecular complexity index is 303. The number of hydrogen-bond acceptors (Lipinski definition) is 3. The van der Waals surface area contributed by atoms with Crippen LogP contribution in [0.1, 0.15) is 12.1 Å². The van der Waals surface area contributed by atoms with Gasteiger partial charge in [0.1, 0.15) is 5.69 Å². The number of alkyl halides is 2. The predicted molar refractivity (Wildman–Crippen MR) is 45.7 cm³/mol. The first kappa shape index (κ1) is 9.18. The summed E-state index contributed by atoms with van der Waals surface area (Å²) in [6, 6.07) is 0. The van der Waals surface area contributed by atoms with Gasteiger partial charge in [-0.2, -0.15) is 0 Å². The molecule has 0 aliphatic rings. The number of hydrogen-bond donors (Lipinski definition) is 2. The van der Waals surface area contributed by atoms with Gasteiger partial charge in [0, 0.05) is 0 Å². The molecule has 0 unspecified atom stereocenters. The van der Waals surface area contributed by atoms with Gasteiger partial charge in [0.25, 0.3) is 6.43 Å². The molecule has 12 heavy (non-hydrogen) atoms. The normalized spacial score (nSPS) is 10.7. The molecule has 1 rings (SSSR count). The summed E-state index contributed by atoms with van der Waals surface area (Å²) in [5.41, 5.74) is 10.6. The maximum Gasteiger partial charge on any atom is 0.281 e. The van der Waals surface area contributed by atoms with Gasteiger partial charge < -0.3 is 11.5 Å². The van der Waals surface area contributed by atoms with Crippen LogP contribution in [0.2, 0.25) is 0 Å². The van der Waals surface area contributed by atoms with E-state index in [1.165, 1.54) is 0 Å². The Morgan fingerprint density at radius 3 is 2.50 bits per heavy atom. The molecule has 1 aromatic heterocycles. The van der Waals surface area contributed by atoms with Crippen LogP contribution in [0.15, 0.2) is 10.7 Å². The number of nitrogens with two attached hydrogens (primary N) is 2. The molecule has 0 aromatic carbocycles. The highest BCUT2D eigenvalue weighted by atomic mass is 79.9. The van der Waals surface area contributed by atoms with Crippen LogP contribution in [0.3, 0.4) is 0 Å². The van der Waals surface area contributed by atoms with Crippen LogP contribution in [-0.2, 0) is 0 Å². The Labute approximate surface area is 75.9 Å². The molecule has 1 heterocycles. The van der Waals surface area contributed by atoms with E-state index in [0.717, 1.165) is 6.20 Å². The lowest BCUT2D eigenvalue weighted by Crippen LogP contribution is -2.01. The molecule has 0 radical (unpaired) electrons. The molecule has 0 aliphatic heterocycles. The molecule has 1 aromatic rings. The number of anilines is 2. The highest BCUT2D eigenvalue weighted by molar-refractivity contribution is 9.10. The van der Waals surface area contributed by atoms with Crippen LogP contribution in [0.4, 0.5) is 20.2 Å². The van der Waals surface area contributed by atoms with Crippen molar-refractivity contribution in [2.75, 3.05) is 11.5 Å². The second-order valence-electron chi connectivity index (χ2n) is 2.13. The maximum absolute atomic E-state index is 12.2. The molecule has 0 aliphatic carbocycles. The summed E-state index contributed by atoms with van der Waals surface area (Å²) in [6.45, 7) is 0. The van der Waals surface area contributed by atoms with E-state index >= 15 is 0 Å². The first-order valence-electron chi connectivity index (χ1n) is 3.01. The average molecular weight is 238 g/mol. The Morgan fingerprint density at radius 2 is 2.00 bits per heavy atom. The summed E-state index contributed by atoms with van der Waals surface area (Å²) in [5.74, 6) is 0. The van der Waals surface area contributed by atoms with E-state index in [9.17, 15) is 8.78 Å². The lowest BCUT2D eigenvalue weighted by atomic mass is 10.3. The predicted octanol–water partition coefficient (Wildman–Crippen LogP) is 1.95. The molecular formula is C6H6BrF2N3. The summed E-state index contributed by atoms with van der Waals surface area (Å²) in [7, 11) is 0. The zero-order valence-electron chi connectivity index (χ0n) is 5.89. The van der Waals surface area contributed by atoms with Gasteiger partial charge in [0.2, 0.25) is 0 Å². The quantitative estimate of drug-likeness (QED) is 0.785. The summed E-state index contributed by atoms with van der Waals surface area (Å²) in [6.07, 6.45) is -1.54. The van der Waals surface area contributed by atoms with Gasteiger partial charge in [0.15, 0.2) is 0 Å². The number of halogens is 3. The Hall–Kier alpha value is -0.910. The van der Waals surface area contributed by atoms with E-state index in [0.29, 0.717) is 0 Å². The zero-order valence-corrected chi connectivity index (χ0v) is 7.48. The number of pyridine rings is 1. The van der Waals surface area contributed by atoms with E-state index in [1.807, 2.05) is 0 Å². The molecule has 0 fully saturated rings. The molecule has 0 saturated heterocycles. The van der Waals surface area contributed by atoms with Crippen LogP contribution in [0, 0.1) is 0 Å². The first-order valence-corrected chi connectivity index (χ1v) is 3.80. The minimum absolute atomic E-state index is 0.0671. The van der Waals surface area contributed by atoms with Gasteiger partial charge in [-0.15, -0.1) is 0 Å². The topological polar surface area (TPSA) is 64.9 Å². The molecule has 0 amide bonds. The van der Waals surface area contributed by atoms with Crippen molar-refractivity contribution in [1.29, 1.82) is 0 Å². The van der Waals surface area contributed by atoms with Crippen LogP contribution in [-0.4, -0.2) is 4.98 Å². The number of nitrogen functional groups attached to an aromatic ring is 2. The van der Waals surface area contributed by atoms with Crippen molar-refractivity contribution in [1.82, 2.24) is 4.98 Å². The van der Waals surface area contributed by atoms with Crippen molar-refractivity contribution in [2.24, 2.45) is 0 Å². The van der Waals surface area contributed by atoms with E-state index in [2.05, 4.69) is 20.9 Å². The first-order chi connectivity index (χ1) is 5.54. The van der Waals surface area contributed by atoms with E-state index in [-0.39, 0.29) is 21.5 Å². The fraction of sp³-hybridized carbons (Fsp3) is 0.167. The summed E-state index contributed by atoms with van der Waals surface area (Å²) in [4.78, 5) is 3.44. The molecule has 6 heteroatoms. The highest BCUT2D eigenvalue weighted by Gasteiger charge is 2.16. The third-order valence-corrected chi connectivity index (χ3v) is 2.16. The van der Waals surface area contributed by atoms with Crippen molar-refractivity contribution >= 4 is 27.3 Å². The molecule has 0 saturated carbocycles. The van der Waals surface area contributed by atoms with E-state index < -0.39 is 6.43 Å². The monoisotopic (exact) mass is 237 g/mol. The molecule has 66 valence electrons. The third-order valence-electron chi connectivity index (χ3n) is 1.32. The van der Waals surface area contributed by atoms with Crippen molar-refractivity contribution in [3.8, 4) is 0 Å². The molecule has 0 bridgehead atoms. The van der Waals surface area contributed by atoms with Crippen LogP contribution in [0.25, 0.3) is 0 Å². The Balaban J connectivity index is 3.27. The summed E-state index contributed by atoms with van der Waals surface area (Å²) >= 11 is 2.88.